The summed E-state index contributed by atoms with van der Waals surface area (Å²) in [6.07, 6.45) is 5.10. The average molecular weight is 328 g/mol. The highest BCUT2D eigenvalue weighted by Crippen LogP contribution is 2.30. The number of benzene rings is 1. The maximum atomic E-state index is 13.3. The lowest BCUT2D eigenvalue weighted by Crippen LogP contribution is -2.54. The van der Waals surface area contributed by atoms with E-state index >= 15 is 0 Å². The van der Waals surface area contributed by atoms with Gasteiger partial charge in [-0.05, 0) is 38.1 Å². The SMILES string of the molecule is COc1ccccc1CN(C)C(=O)C1(n2cccn2)CCNCC1. The fourth-order valence-electron chi connectivity index (χ4n) is 3.42. The quantitative estimate of drug-likeness (QED) is 0.906. The molecular weight excluding hydrogens is 304 g/mol. The monoisotopic (exact) mass is 328 g/mol. The minimum absolute atomic E-state index is 0.0959. The Labute approximate surface area is 142 Å². The fourth-order valence-corrected chi connectivity index (χ4v) is 3.42. The third kappa shape index (κ3) is 3.01. The normalized spacial score (nSPS) is 16.6. The number of likely N-dealkylation sites (N-methyl/N-ethyl adjacent to an activating group) is 1. The summed E-state index contributed by atoms with van der Waals surface area (Å²) in [6, 6.07) is 9.68. The molecule has 0 radical (unpaired) electrons. The van der Waals surface area contributed by atoms with Crippen molar-refractivity contribution in [1.29, 1.82) is 0 Å². The number of hydrogen-bond donors (Lipinski definition) is 1. The van der Waals surface area contributed by atoms with E-state index in [-0.39, 0.29) is 5.91 Å². The van der Waals surface area contributed by atoms with Crippen molar-refractivity contribution in [2.75, 3.05) is 27.2 Å². The Balaban J connectivity index is 1.85. The number of carbonyl (C=O) groups excluding carboxylic acids is 1. The predicted octanol–water partition coefficient (Wildman–Crippen LogP) is 1.63. The molecule has 24 heavy (non-hydrogen) atoms. The lowest BCUT2D eigenvalue weighted by molar-refractivity contribution is -0.142. The van der Waals surface area contributed by atoms with Crippen molar-refractivity contribution in [3.8, 4) is 5.75 Å². The van der Waals surface area contributed by atoms with Crippen molar-refractivity contribution in [2.24, 2.45) is 0 Å². The van der Waals surface area contributed by atoms with E-state index in [4.69, 9.17) is 4.74 Å². The lowest BCUT2D eigenvalue weighted by atomic mass is 9.86. The third-order valence-corrected chi connectivity index (χ3v) is 4.72. The van der Waals surface area contributed by atoms with Crippen LogP contribution in [0.2, 0.25) is 0 Å². The molecule has 0 unspecified atom stereocenters. The molecule has 2 aromatic rings. The topological polar surface area (TPSA) is 59.4 Å². The molecule has 1 aromatic heterocycles. The maximum Gasteiger partial charge on any atom is 0.250 e. The highest BCUT2D eigenvalue weighted by molar-refractivity contribution is 5.84. The van der Waals surface area contributed by atoms with Gasteiger partial charge in [-0.3, -0.25) is 9.48 Å². The van der Waals surface area contributed by atoms with Gasteiger partial charge in [0.15, 0.2) is 0 Å². The van der Waals surface area contributed by atoms with E-state index in [1.54, 1.807) is 18.2 Å². The molecule has 1 amide bonds. The first-order valence-electron chi connectivity index (χ1n) is 8.26. The van der Waals surface area contributed by atoms with Gasteiger partial charge in [0, 0.05) is 31.5 Å². The number of piperidine rings is 1. The summed E-state index contributed by atoms with van der Waals surface area (Å²) in [7, 11) is 3.50. The first-order valence-corrected chi connectivity index (χ1v) is 8.26. The Bertz CT molecular complexity index is 678. The van der Waals surface area contributed by atoms with Crippen LogP contribution in [0.4, 0.5) is 0 Å². The number of carbonyl (C=O) groups is 1. The molecule has 1 saturated heterocycles. The molecule has 128 valence electrons. The zero-order valence-corrected chi connectivity index (χ0v) is 14.2. The molecule has 0 spiro atoms. The molecule has 1 aromatic carbocycles. The number of hydrogen-bond acceptors (Lipinski definition) is 4. The van der Waals surface area contributed by atoms with Gasteiger partial charge in [-0.1, -0.05) is 18.2 Å². The lowest BCUT2D eigenvalue weighted by Gasteiger charge is -2.39. The summed E-state index contributed by atoms with van der Waals surface area (Å²) in [4.78, 5) is 15.1. The largest absolute Gasteiger partial charge is 0.496 e. The van der Waals surface area contributed by atoms with E-state index in [2.05, 4.69) is 10.4 Å². The van der Waals surface area contributed by atoms with Gasteiger partial charge >= 0.3 is 0 Å². The maximum absolute atomic E-state index is 13.3. The fraction of sp³-hybridized carbons (Fsp3) is 0.444. The second-order valence-electron chi connectivity index (χ2n) is 6.21. The van der Waals surface area contributed by atoms with E-state index in [0.29, 0.717) is 6.54 Å². The van der Waals surface area contributed by atoms with Crippen molar-refractivity contribution in [3.05, 3.63) is 48.3 Å². The smallest absolute Gasteiger partial charge is 0.250 e. The van der Waals surface area contributed by atoms with E-state index in [1.807, 2.05) is 48.3 Å². The zero-order chi connectivity index (χ0) is 17.0. The Kier molecular flexibility index (Phi) is 4.85. The molecule has 0 aliphatic carbocycles. The molecule has 0 saturated carbocycles. The molecule has 1 fully saturated rings. The van der Waals surface area contributed by atoms with Crippen LogP contribution in [0.25, 0.3) is 0 Å². The zero-order valence-electron chi connectivity index (χ0n) is 14.2. The van der Waals surface area contributed by atoms with Gasteiger partial charge in [-0.25, -0.2) is 0 Å². The Morgan fingerprint density at radius 3 is 2.75 bits per heavy atom. The number of amides is 1. The first kappa shape index (κ1) is 16.5. The second kappa shape index (κ2) is 7.05. The summed E-state index contributed by atoms with van der Waals surface area (Å²) < 4.78 is 7.23. The molecule has 1 aliphatic rings. The van der Waals surface area contributed by atoms with E-state index in [1.165, 1.54) is 0 Å². The Morgan fingerprint density at radius 1 is 1.33 bits per heavy atom. The number of methoxy groups -OCH3 is 1. The molecule has 0 bridgehead atoms. The molecule has 2 heterocycles. The van der Waals surface area contributed by atoms with Crippen molar-refractivity contribution in [2.45, 2.75) is 24.9 Å². The predicted molar refractivity (Wildman–Crippen MR) is 91.8 cm³/mol. The number of nitrogens with zero attached hydrogens (tertiary/aromatic N) is 3. The first-order chi connectivity index (χ1) is 11.7. The van der Waals surface area contributed by atoms with Gasteiger partial charge < -0.3 is 15.0 Å². The average Bonchev–Trinajstić information content (AvgIpc) is 3.17. The summed E-state index contributed by atoms with van der Waals surface area (Å²) >= 11 is 0. The number of rotatable bonds is 5. The van der Waals surface area contributed by atoms with Crippen LogP contribution in [-0.2, 0) is 16.9 Å². The van der Waals surface area contributed by atoms with Crippen LogP contribution in [-0.4, -0.2) is 47.8 Å². The second-order valence-corrected chi connectivity index (χ2v) is 6.21. The highest BCUT2D eigenvalue weighted by Gasteiger charge is 2.43. The van der Waals surface area contributed by atoms with Gasteiger partial charge in [-0.15, -0.1) is 0 Å². The molecule has 6 nitrogen and oxygen atoms in total. The van der Waals surface area contributed by atoms with E-state index in [0.717, 1.165) is 37.2 Å². The van der Waals surface area contributed by atoms with Crippen LogP contribution in [0.3, 0.4) is 0 Å². The Hall–Kier alpha value is -2.34. The molecular formula is C18H24N4O2. The van der Waals surface area contributed by atoms with Crippen LogP contribution >= 0.6 is 0 Å². The number of nitrogens with one attached hydrogen (secondary N) is 1. The summed E-state index contributed by atoms with van der Waals surface area (Å²) in [5.41, 5.74) is 0.395. The van der Waals surface area contributed by atoms with Crippen molar-refractivity contribution >= 4 is 5.91 Å². The standard InChI is InChI=1S/C18H24N4O2/c1-21(14-15-6-3-4-7-16(15)24-2)17(23)18(8-11-19-12-9-18)22-13-5-10-20-22/h3-7,10,13,19H,8-9,11-12,14H2,1-2H3. The van der Waals surface area contributed by atoms with Gasteiger partial charge in [0.1, 0.15) is 11.3 Å². The molecule has 1 aliphatic heterocycles. The minimum atomic E-state index is -0.606. The summed E-state index contributed by atoms with van der Waals surface area (Å²) in [5, 5.41) is 7.70. The van der Waals surface area contributed by atoms with Gasteiger partial charge in [-0.2, -0.15) is 5.10 Å². The van der Waals surface area contributed by atoms with E-state index < -0.39 is 5.54 Å². The molecule has 0 atom stereocenters. The van der Waals surface area contributed by atoms with Crippen molar-refractivity contribution in [1.82, 2.24) is 20.0 Å². The molecule has 1 N–H and O–H groups in total. The highest BCUT2D eigenvalue weighted by atomic mass is 16.5. The van der Waals surface area contributed by atoms with Gasteiger partial charge in [0.25, 0.3) is 5.91 Å². The van der Waals surface area contributed by atoms with E-state index in [9.17, 15) is 4.79 Å². The van der Waals surface area contributed by atoms with Crippen LogP contribution in [0.1, 0.15) is 18.4 Å². The van der Waals surface area contributed by atoms with Gasteiger partial charge in [0.2, 0.25) is 0 Å². The van der Waals surface area contributed by atoms with Crippen LogP contribution in [0.5, 0.6) is 5.75 Å². The molecule has 3 rings (SSSR count). The van der Waals surface area contributed by atoms with Crippen molar-refractivity contribution in [3.63, 3.8) is 0 Å². The number of para-hydroxylation sites is 1. The van der Waals surface area contributed by atoms with Crippen molar-refractivity contribution < 1.29 is 9.53 Å². The van der Waals surface area contributed by atoms with Crippen LogP contribution in [0.15, 0.2) is 42.7 Å². The summed E-state index contributed by atoms with van der Waals surface area (Å²) in [6.45, 7) is 2.14. The van der Waals surface area contributed by atoms with Crippen LogP contribution in [0, 0.1) is 0 Å². The Morgan fingerprint density at radius 2 is 2.08 bits per heavy atom. The van der Waals surface area contributed by atoms with Crippen LogP contribution < -0.4 is 10.1 Å². The minimum Gasteiger partial charge on any atom is -0.496 e. The third-order valence-electron chi connectivity index (χ3n) is 4.72. The molecule has 6 heteroatoms. The van der Waals surface area contributed by atoms with Gasteiger partial charge in [0.05, 0.1) is 7.11 Å². The summed E-state index contributed by atoms with van der Waals surface area (Å²) in [5.74, 6) is 0.897. The number of aromatic nitrogens is 2. The number of ether oxygens (including phenoxy) is 1.